The molecule has 0 amide bonds. The molecule has 0 saturated heterocycles. The average molecular weight is 409 g/mol. The minimum absolute atomic E-state index is 0.227. The monoisotopic (exact) mass is 408 g/mol. The Bertz CT molecular complexity index is 831. The zero-order chi connectivity index (χ0) is 19.8. The molecule has 0 unspecified atom stereocenters. The minimum Gasteiger partial charge on any atom is -0.495 e. The van der Waals surface area contributed by atoms with Gasteiger partial charge in [-0.3, -0.25) is 4.79 Å². The summed E-state index contributed by atoms with van der Waals surface area (Å²) < 4.78 is 15.1. The van der Waals surface area contributed by atoms with Crippen molar-refractivity contribution in [3.8, 4) is 11.5 Å². The quantitative estimate of drug-likeness (QED) is 0.403. The molecular formula is C21H22Cl2O4. The zero-order valence-corrected chi connectivity index (χ0v) is 17.1. The van der Waals surface area contributed by atoms with Crippen LogP contribution in [-0.2, 0) is 9.53 Å². The van der Waals surface area contributed by atoms with E-state index in [4.69, 9.17) is 37.4 Å². The first-order chi connectivity index (χ1) is 13.0. The molecule has 0 bridgehead atoms. The summed E-state index contributed by atoms with van der Waals surface area (Å²) in [6.07, 6.45) is 3.72. The maximum absolute atomic E-state index is 11.4. The number of ether oxygens (including phenoxy) is 3. The van der Waals surface area contributed by atoms with Crippen molar-refractivity contribution in [2.75, 3.05) is 21.3 Å². The summed E-state index contributed by atoms with van der Waals surface area (Å²) in [6, 6.07) is 11.2. The minimum atomic E-state index is -0.227. The fourth-order valence-corrected chi connectivity index (χ4v) is 3.19. The van der Waals surface area contributed by atoms with Crippen LogP contribution in [0.25, 0.3) is 11.6 Å². The van der Waals surface area contributed by atoms with Crippen LogP contribution in [0.4, 0.5) is 0 Å². The predicted molar refractivity (Wildman–Crippen MR) is 110 cm³/mol. The lowest BCUT2D eigenvalue weighted by molar-refractivity contribution is -0.140. The van der Waals surface area contributed by atoms with Gasteiger partial charge in [0.1, 0.15) is 11.5 Å². The Balaban J connectivity index is 2.35. The molecule has 27 heavy (non-hydrogen) atoms. The molecule has 4 nitrogen and oxygen atoms in total. The second kappa shape index (κ2) is 10.2. The Morgan fingerprint density at radius 2 is 1.56 bits per heavy atom. The predicted octanol–water partition coefficient (Wildman–Crippen LogP) is 5.89. The van der Waals surface area contributed by atoms with E-state index >= 15 is 0 Å². The lowest BCUT2D eigenvalue weighted by Gasteiger charge is -2.11. The van der Waals surface area contributed by atoms with Crippen LogP contribution in [0.3, 0.4) is 0 Å². The second-order valence-electron chi connectivity index (χ2n) is 5.84. The lowest BCUT2D eigenvalue weighted by atomic mass is 9.97. The van der Waals surface area contributed by atoms with E-state index in [1.807, 2.05) is 42.5 Å². The van der Waals surface area contributed by atoms with Crippen LogP contribution in [0, 0.1) is 0 Å². The molecule has 0 radical (unpaired) electrons. The maximum Gasteiger partial charge on any atom is 0.305 e. The Morgan fingerprint density at radius 3 is 2.11 bits per heavy atom. The SMILES string of the molecule is COC(=O)CCCC(=Cc1ccc(OC)c(Cl)c1)c1ccc(OC)c(Cl)c1. The van der Waals surface area contributed by atoms with E-state index in [1.54, 1.807) is 14.2 Å². The molecule has 0 aliphatic rings. The van der Waals surface area contributed by atoms with Crippen LogP contribution < -0.4 is 9.47 Å². The Morgan fingerprint density at radius 1 is 0.926 bits per heavy atom. The molecule has 0 aliphatic heterocycles. The van der Waals surface area contributed by atoms with Gasteiger partial charge in [-0.2, -0.15) is 0 Å². The van der Waals surface area contributed by atoms with Crippen molar-refractivity contribution in [2.24, 2.45) is 0 Å². The van der Waals surface area contributed by atoms with Gasteiger partial charge in [0.05, 0.1) is 31.4 Å². The first-order valence-electron chi connectivity index (χ1n) is 8.43. The van der Waals surface area contributed by atoms with E-state index in [0.717, 1.165) is 16.7 Å². The largest absolute Gasteiger partial charge is 0.495 e. The van der Waals surface area contributed by atoms with Crippen LogP contribution in [0.1, 0.15) is 30.4 Å². The number of carbonyl (C=O) groups is 1. The highest BCUT2D eigenvalue weighted by Crippen LogP contribution is 2.32. The number of hydrogen-bond acceptors (Lipinski definition) is 4. The van der Waals surface area contributed by atoms with Crippen LogP contribution in [-0.4, -0.2) is 27.3 Å². The summed E-state index contributed by atoms with van der Waals surface area (Å²) in [4.78, 5) is 11.4. The molecule has 0 spiro atoms. The van der Waals surface area contributed by atoms with Crippen LogP contribution in [0.15, 0.2) is 36.4 Å². The maximum atomic E-state index is 11.4. The van der Waals surface area contributed by atoms with E-state index in [0.29, 0.717) is 40.8 Å². The van der Waals surface area contributed by atoms with Crippen molar-refractivity contribution >= 4 is 40.8 Å². The Kier molecular flexibility index (Phi) is 8.01. The lowest BCUT2D eigenvalue weighted by Crippen LogP contribution is -1.99. The molecule has 0 aromatic heterocycles. The number of carbonyl (C=O) groups excluding carboxylic acids is 1. The summed E-state index contributed by atoms with van der Waals surface area (Å²) in [5.74, 6) is 1.00. The van der Waals surface area contributed by atoms with Gasteiger partial charge in [0.15, 0.2) is 0 Å². The molecule has 0 N–H and O–H groups in total. The Hall–Kier alpha value is -2.17. The number of hydrogen-bond donors (Lipinski definition) is 0. The summed E-state index contributed by atoms with van der Waals surface area (Å²) >= 11 is 12.5. The third kappa shape index (κ3) is 5.91. The fourth-order valence-electron chi connectivity index (χ4n) is 2.66. The molecule has 2 aromatic rings. The normalized spacial score (nSPS) is 11.2. The van der Waals surface area contributed by atoms with Crippen molar-refractivity contribution in [3.63, 3.8) is 0 Å². The third-order valence-corrected chi connectivity index (χ3v) is 4.68. The highest BCUT2D eigenvalue weighted by Gasteiger charge is 2.09. The number of rotatable bonds is 8. The van der Waals surface area contributed by atoms with Gasteiger partial charge in [0, 0.05) is 6.42 Å². The summed E-state index contributed by atoms with van der Waals surface area (Å²) in [6.45, 7) is 0. The smallest absolute Gasteiger partial charge is 0.305 e. The number of benzene rings is 2. The fraction of sp³-hybridized carbons (Fsp3) is 0.286. The summed E-state index contributed by atoms with van der Waals surface area (Å²) in [5.41, 5.74) is 2.92. The summed E-state index contributed by atoms with van der Waals surface area (Å²) in [5, 5.41) is 1.06. The number of allylic oxidation sites excluding steroid dienone is 1. The molecule has 0 heterocycles. The molecule has 0 aliphatic carbocycles. The molecule has 0 fully saturated rings. The van der Waals surface area contributed by atoms with Crippen molar-refractivity contribution in [2.45, 2.75) is 19.3 Å². The van der Waals surface area contributed by atoms with Gasteiger partial charge in [0.25, 0.3) is 0 Å². The highest BCUT2D eigenvalue weighted by atomic mass is 35.5. The topological polar surface area (TPSA) is 44.8 Å². The average Bonchev–Trinajstić information content (AvgIpc) is 2.67. The molecule has 2 rings (SSSR count). The number of halogens is 2. The second-order valence-corrected chi connectivity index (χ2v) is 6.66. The molecule has 0 atom stereocenters. The van der Waals surface area contributed by atoms with Gasteiger partial charge in [-0.15, -0.1) is 0 Å². The first-order valence-corrected chi connectivity index (χ1v) is 9.19. The van der Waals surface area contributed by atoms with Gasteiger partial charge < -0.3 is 14.2 Å². The summed E-state index contributed by atoms with van der Waals surface area (Å²) in [7, 11) is 4.54. The standard InChI is InChI=1S/C21H22Cl2O4/c1-25-19-9-7-14(12-17(19)22)11-15(5-4-6-21(24)27-3)16-8-10-20(26-2)18(23)13-16/h7-13H,4-6H2,1-3H3. The van der Waals surface area contributed by atoms with Crippen molar-refractivity contribution in [1.82, 2.24) is 0 Å². The van der Waals surface area contributed by atoms with E-state index in [9.17, 15) is 4.79 Å². The number of esters is 1. The third-order valence-electron chi connectivity index (χ3n) is 4.09. The van der Waals surface area contributed by atoms with Gasteiger partial charge >= 0.3 is 5.97 Å². The van der Waals surface area contributed by atoms with Gasteiger partial charge in [-0.1, -0.05) is 41.4 Å². The van der Waals surface area contributed by atoms with Gasteiger partial charge in [-0.25, -0.2) is 0 Å². The van der Waals surface area contributed by atoms with E-state index in [1.165, 1.54) is 7.11 Å². The van der Waals surface area contributed by atoms with Crippen LogP contribution in [0.5, 0.6) is 11.5 Å². The highest BCUT2D eigenvalue weighted by molar-refractivity contribution is 6.32. The molecular weight excluding hydrogens is 387 g/mol. The molecule has 144 valence electrons. The Labute approximate surface area is 169 Å². The van der Waals surface area contributed by atoms with E-state index in [2.05, 4.69) is 0 Å². The van der Waals surface area contributed by atoms with E-state index in [-0.39, 0.29) is 5.97 Å². The van der Waals surface area contributed by atoms with E-state index < -0.39 is 0 Å². The molecule has 2 aromatic carbocycles. The molecule has 0 saturated carbocycles. The molecule has 6 heteroatoms. The zero-order valence-electron chi connectivity index (χ0n) is 15.6. The van der Waals surface area contributed by atoms with Gasteiger partial charge in [-0.05, 0) is 53.8 Å². The van der Waals surface area contributed by atoms with Crippen LogP contribution >= 0.6 is 23.2 Å². The first kappa shape index (κ1) is 21.1. The van der Waals surface area contributed by atoms with Crippen LogP contribution in [0.2, 0.25) is 10.0 Å². The van der Waals surface area contributed by atoms with Crippen molar-refractivity contribution < 1.29 is 19.0 Å². The van der Waals surface area contributed by atoms with Gasteiger partial charge in [0.2, 0.25) is 0 Å². The van der Waals surface area contributed by atoms with Crippen molar-refractivity contribution in [1.29, 1.82) is 0 Å². The van der Waals surface area contributed by atoms with Crippen molar-refractivity contribution in [3.05, 3.63) is 57.6 Å². The number of methoxy groups -OCH3 is 3.